The summed E-state index contributed by atoms with van der Waals surface area (Å²) < 4.78 is 5.60. The molecule has 0 heterocycles. The van der Waals surface area contributed by atoms with Gasteiger partial charge in [0.05, 0.1) is 12.7 Å². The molecule has 0 saturated carbocycles. The van der Waals surface area contributed by atoms with Gasteiger partial charge in [-0.3, -0.25) is 0 Å². The summed E-state index contributed by atoms with van der Waals surface area (Å²) in [5.74, 6) is 0. The molecule has 2 atom stereocenters. The van der Waals surface area contributed by atoms with Crippen LogP contribution in [0.5, 0.6) is 0 Å². The van der Waals surface area contributed by atoms with Crippen LogP contribution in [-0.4, -0.2) is 30.5 Å². The van der Waals surface area contributed by atoms with Crippen LogP contribution in [0.15, 0.2) is 0 Å². The molecule has 0 radical (unpaired) electrons. The summed E-state index contributed by atoms with van der Waals surface area (Å²) in [5, 5.41) is 8.72. The lowest BCUT2D eigenvalue weighted by Gasteiger charge is -2.14. The predicted molar refractivity (Wildman–Crippen MR) is 63.9 cm³/mol. The molecule has 0 bridgehead atoms. The van der Waals surface area contributed by atoms with Crippen LogP contribution in [0.1, 0.15) is 52.4 Å². The van der Waals surface area contributed by atoms with Crippen molar-refractivity contribution >= 4 is 0 Å². The van der Waals surface area contributed by atoms with E-state index in [1.54, 1.807) is 0 Å². The van der Waals surface area contributed by atoms with Crippen molar-refractivity contribution in [2.45, 2.75) is 64.5 Å². The first-order chi connectivity index (χ1) is 7.20. The van der Waals surface area contributed by atoms with Crippen molar-refractivity contribution in [3.8, 4) is 0 Å². The third kappa shape index (κ3) is 10.2. The number of ether oxygens (including phenoxy) is 1. The highest BCUT2D eigenvalue weighted by Gasteiger charge is 2.04. The fourth-order valence-electron chi connectivity index (χ4n) is 1.45. The molecule has 3 heteroatoms. The van der Waals surface area contributed by atoms with Gasteiger partial charge in [0.15, 0.2) is 0 Å². The Kier molecular flexibility index (Phi) is 10.3. The van der Waals surface area contributed by atoms with Gasteiger partial charge in [-0.25, -0.2) is 0 Å². The molecule has 0 aromatic heterocycles. The van der Waals surface area contributed by atoms with E-state index >= 15 is 0 Å². The number of aliphatic hydroxyl groups excluding tert-OH is 1. The van der Waals surface area contributed by atoms with Gasteiger partial charge in [0, 0.05) is 12.6 Å². The Morgan fingerprint density at radius 1 is 1.20 bits per heavy atom. The number of rotatable bonds is 10. The minimum absolute atomic E-state index is 0.0498. The lowest BCUT2D eigenvalue weighted by molar-refractivity contribution is 0.0508. The third-order valence-corrected chi connectivity index (χ3v) is 2.59. The average Bonchev–Trinajstić information content (AvgIpc) is 2.24. The molecule has 15 heavy (non-hydrogen) atoms. The number of aliphatic hydroxyl groups is 1. The summed E-state index contributed by atoms with van der Waals surface area (Å²) in [6.07, 6.45) is 7.36. The summed E-state index contributed by atoms with van der Waals surface area (Å²) in [5.41, 5.74) is 5.57. The van der Waals surface area contributed by atoms with Crippen LogP contribution in [0.2, 0.25) is 0 Å². The van der Waals surface area contributed by atoms with Gasteiger partial charge in [-0.05, 0) is 19.8 Å². The van der Waals surface area contributed by atoms with Gasteiger partial charge in [-0.15, -0.1) is 0 Å². The smallest absolute Gasteiger partial charge is 0.0583 e. The SMILES string of the molecule is CCCCCCC(C)OCCC(N)CO. The van der Waals surface area contributed by atoms with E-state index in [9.17, 15) is 0 Å². The zero-order chi connectivity index (χ0) is 11.5. The van der Waals surface area contributed by atoms with E-state index in [4.69, 9.17) is 15.6 Å². The van der Waals surface area contributed by atoms with Crippen molar-refractivity contribution in [1.82, 2.24) is 0 Å². The molecule has 2 unspecified atom stereocenters. The summed E-state index contributed by atoms with van der Waals surface area (Å²) >= 11 is 0. The molecular weight excluding hydrogens is 190 g/mol. The van der Waals surface area contributed by atoms with Gasteiger partial charge in [-0.1, -0.05) is 32.6 Å². The van der Waals surface area contributed by atoms with E-state index in [2.05, 4.69) is 13.8 Å². The summed E-state index contributed by atoms with van der Waals surface area (Å²) in [7, 11) is 0. The molecule has 0 aliphatic rings. The molecular formula is C12H27NO2. The quantitative estimate of drug-likeness (QED) is 0.551. The van der Waals surface area contributed by atoms with Gasteiger partial charge in [0.25, 0.3) is 0 Å². The summed E-state index contributed by atoms with van der Waals surface area (Å²) in [6.45, 7) is 5.04. The molecule has 0 aromatic rings. The summed E-state index contributed by atoms with van der Waals surface area (Å²) in [4.78, 5) is 0. The minimum Gasteiger partial charge on any atom is -0.395 e. The van der Waals surface area contributed by atoms with Crippen LogP contribution in [-0.2, 0) is 4.74 Å². The lowest BCUT2D eigenvalue weighted by atomic mass is 10.1. The highest BCUT2D eigenvalue weighted by Crippen LogP contribution is 2.08. The van der Waals surface area contributed by atoms with E-state index < -0.39 is 0 Å². The zero-order valence-electron chi connectivity index (χ0n) is 10.2. The van der Waals surface area contributed by atoms with Crippen LogP contribution in [0.25, 0.3) is 0 Å². The minimum atomic E-state index is -0.128. The Morgan fingerprint density at radius 2 is 1.93 bits per heavy atom. The lowest BCUT2D eigenvalue weighted by Crippen LogP contribution is -2.26. The Hall–Kier alpha value is -0.120. The Labute approximate surface area is 94.0 Å². The third-order valence-electron chi connectivity index (χ3n) is 2.59. The number of hydrogen-bond donors (Lipinski definition) is 2. The highest BCUT2D eigenvalue weighted by molar-refractivity contribution is 4.58. The second-order valence-corrected chi connectivity index (χ2v) is 4.26. The monoisotopic (exact) mass is 217 g/mol. The highest BCUT2D eigenvalue weighted by atomic mass is 16.5. The van der Waals surface area contributed by atoms with Gasteiger partial charge in [0.1, 0.15) is 0 Å². The Balaban J connectivity index is 3.21. The van der Waals surface area contributed by atoms with Crippen molar-refractivity contribution in [3.63, 3.8) is 0 Å². The number of unbranched alkanes of at least 4 members (excludes halogenated alkanes) is 3. The molecule has 3 nitrogen and oxygen atoms in total. The van der Waals surface area contributed by atoms with Crippen molar-refractivity contribution in [2.24, 2.45) is 5.73 Å². The molecule has 0 aliphatic heterocycles. The standard InChI is InChI=1S/C12H27NO2/c1-3-4-5-6-7-11(2)15-9-8-12(13)10-14/h11-12,14H,3-10,13H2,1-2H3. The molecule has 0 aliphatic carbocycles. The molecule has 3 N–H and O–H groups in total. The van der Waals surface area contributed by atoms with Crippen LogP contribution < -0.4 is 5.73 Å². The van der Waals surface area contributed by atoms with Crippen molar-refractivity contribution in [1.29, 1.82) is 0 Å². The van der Waals surface area contributed by atoms with E-state index in [0.717, 1.165) is 12.8 Å². The van der Waals surface area contributed by atoms with E-state index in [-0.39, 0.29) is 12.6 Å². The van der Waals surface area contributed by atoms with Crippen LogP contribution in [0.4, 0.5) is 0 Å². The normalized spacial score (nSPS) is 15.2. The van der Waals surface area contributed by atoms with Gasteiger partial charge in [0.2, 0.25) is 0 Å². The fourth-order valence-corrected chi connectivity index (χ4v) is 1.45. The number of nitrogens with two attached hydrogens (primary N) is 1. The van der Waals surface area contributed by atoms with Crippen molar-refractivity contribution < 1.29 is 9.84 Å². The van der Waals surface area contributed by atoms with Gasteiger partial charge >= 0.3 is 0 Å². The molecule has 0 aromatic carbocycles. The second kappa shape index (κ2) is 10.4. The van der Waals surface area contributed by atoms with Crippen LogP contribution in [0.3, 0.4) is 0 Å². The first kappa shape index (κ1) is 14.9. The predicted octanol–water partition coefficient (Wildman–Crippen LogP) is 2.07. The van der Waals surface area contributed by atoms with Crippen molar-refractivity contribution in [2.75, 3.05) is 13.2 Å². The summed E-state index contributed by atoms with van der Waals surface area (Å²) in [6, 6.07) is -0.128. The second-order valence-electron chi connectivity index (χ2n) is 4.26. The Morgan fingerprint density at radius 3 is 2.53 bits per heavy atom. The molecule has 0 spiro atoms. The fraction of sp³-hybridized carbons (Fsp3) is 1.00. The van der Waals surface area contributed by atoms with E-state index in [0.29, 0.717) is 12.7 Å². The largest absolute Gasteiger partial charge is 0.395 e. The maximum Gasteiger partial charge on any atom is 0.0583 e. The maximum atomic E-state index is 8.72. The van der Waals surface area contributed by atoms with Crippen molar-refractivity contribution in [3.05, 3.63) is 0 Å². The molecule has 0 saturated heterocycles. The molecule has 92 valence electrons. The molecule has 0 fully saturated rings. The van der Waals surface area contributed by atoms with Crippen LogP contribution in [0, 0.1) is 0 Å². The molecule has 0 rings (SSSR count). The topological polar surface area (TPSA) is 55.5 Å². The zero-order valence-corrected chi connectivity index (χ0v) is 10.2. The maximum absolute atomic E-state index is 8.72. The van der Waals surface area contributed by atoms with E-state index in [1.807, 2.05) is 0 Å². The average molecular weight is 217 g/mol. The first-order valence-corrected chi connectivity index (χ1v) is 6.18. The van der Waals surface area contributed by atoms with Crippen LogP contribution >= 0.6 is 0 Å². The van der Waals surface area contributed by atoms with E-state index in [1.165, 1.54) is 25.7 Å². The molecule has 0 amide bonds. The van der Waals surface area contributed by atoms with Gasteiger partial charge < -0.3 is 15.6 Å². The van der Waals surface area contributed by atoms with Gasteiger partial charge in [-0.2, -0.15) is 0 Å². The number of hydrogen-bond acceptors (Lipinski definition) is 3. The first-order valence-electron chi connectivity index (χ1n) is 6.18. The Bertz CT molecular complexity index is 131.